The standard InChI is InChI=1S/C17H14F17N3/c1-4-37(5-2)9-35-7(3)6-8(36-9)10(18,19)11(20,21)12(22,23)13(24,25)14(26,27)15(28,29)16(30,31)17(32,33)34/h6H,4-5H2,1-3H3. The Morgan fingerprint density at radius 1 is 0.568 bits per heavy atom. The summed E-state index contributed by atoms with van der Waals surface area (Å²) in [5.74, 6) is -57.9. The summed E-state index contributed by atoms with van der Waals surface area (Å²) >= 11 is 0. The van der Waals surface area contributed by atoms with E-state index in [9.17, 15) is 74.6 Å². The van der Waals surface area contributed by atoms with Gasteiger partial charge in [-0.3, -0.25) is 0 Å². The SMILES string of the molecule is CCN(CC)c1nc(C)cc(C(F)(F)C(F)(F)C(F)(F)C(F)(F)C(F)(F)C(F)(F)C(F)(F)C(F)(F)F)n1. The Kier molecular flexibility index (Phi) is 8.10. The second-order valence-electron chi connectivity index (χ2n) is 7.39. The molecule has 0 atom stereocenters. The van der Waals surface area contributed by atoms with Crippen molar-refractivity contribution in [2.45, 2.75) is 68.4 Å². The van der Waals surface area contributed by atoms with Crippen LogP contribution in [0.15, 0.2) is 6.07 Å². The van der Waals surface area contributed by atoms with Crippen molar-refractivity contribution in [3.8, 4) is 0 Å². The van der Waals surface area contributed by atoms with E-state index in [2.05, 4.69) is 9.97 Å². The second kappa shape index (κ2) is 9.16. The van der Waals surface area contributed by atoms with Crippen LogP contribution in [-0.4, -0.2) is 64.8 Å². The van der Waals surface area contributed by atoms with Gasteiger partial charge in [0.05, 0.1) is 0 Å². The minimum absolute atomic E-state index is 0.135. The first-order valence-electron chi connectivity index (χ1n) is 9.45. The van der Waals surface area contributed by atoms with Gasteiger partial charge in [-0.15, -0.1) is 0 Å². The zero-order valence-corrected chi connectivity index (χ0v) is 18.3. The third-order valence-corrected chi connectivity index (χ3v) is 4.93. The third kappa shape index (κ3) is 4.50. The summed E-state index contributed by atoms with van der Waals surface area (Å²) in [6.07, 6.45) is -7.79. The fourth-order valence-corrected chi connectivity index (χ4v) is 2.69. The Bertz CT molecular complexity index is 966. The van der Waals surface area contributed by atoms with Crippen molar-refractivity contribution in [1.29, 1.82) is 0 Å². The molecule has 37 heavy (non-hydrogen) atoms. The van der Waals surface area contributed by atoms with Crippen molar-refractivity contribution in [3.63, 3.8) is 0 Å². The van der Waals surface area contributed by atoms with E-state index in [1.807, 2.05) is 0 Å². The highest BCUT2D eigenvalue weighted by molar-refractivity contribution is 5.34. The number of anilines is 1. The van der Waals surface area contributed by atoms with E-state index in [-0.39, 0.29) is 19.2 Å². The van der Waals surface area contributed by atoms with E-state index in [1.54, 1.807) is 0 Å². The Hall–Kier alpha value is -2.31. The van der Waals surface area contributed by atoms with Crippen LogP contribution in [-0.2, 0) is 5.92 Å². The van der Waals surface area contributed by atoms with Crippen LogP contribution in [0.5, 0.6) is 0 Å². The summed E-state index contributed by atoms with van der Waals surface area (Å²) in [6, 6.07) is -0.195. The zero-order valence-electron chi connectivity index (χ0n) is 18.3. The smallest absolute Gasteiger partial charge is 0.341 e. The Labute approximate surface area is 195 Å². The van der Waals surface area contributed by atoms with Crippen LogP contribution in [0.2, 0.25) is 0 Å². The molecule has 0 amide bonds. The van der Waals surface area contributed by atoms with Crippen molar-refractivity contribution in [2.24, 2.45) is 0 Å². The molecule has 0 radical (unpaired) electrons. The quantitative estimate of drug-likeness (QED) is 0.276. The molecule has 1 aromatic heterocycles. The van der Waals surface area contributed by atoms with Crippen LogP contribution in [0.25, 0.3) is 0 Å². The maximum absolute atomic E-state index is 14.5. The number of alkyl halides is 17. The van der Waals surface area contributed by atoms with E-state index in [0.717, 1.165) is 11.8 Å². The highest BCUT2D eigenvalue weighted by Gasteiger charge is 2.95. The molecule has 0 fully saturated rings. The van der Waals surface area contributed by atoms with Gasteiger partial charge in [0.1, 0.15) is 5.69 Å². The third-order valence-electron chi connectivity index (χ3n) is 4.93. The van der Waals surface area contributed by atoms with Crippen LogP contribution >= 0.6 is 0 Å². The van der Waals surface area contributed by atoms with Gasteiger partial charge in [-0.25, -0.2) is 9.97 Å². The van der Waals surface area contributed by atoms with Gasteiger partial charge in [-0.2, -0.15) is 74.6 Å². The van der Waals surface area contributed by atoms with Gasteiger partial charge in [-0.05, 0) is 26.8 Å². The van der Waals surface area contributed by atoms with Gasteiger partial charge in [0.25, 0.3) is 0 Å². The second-order valence-corrected chi connectivity index (χ2v) is 7.39. The van der Waals surface area contributed by atoms with Crippen molar-refractivity contribution in [1.82, 2.24) is 9.97 Å². The first kappa shape index (κ1) is 32.7. The topological polar surface area (TPSA) is 29.0 Å². The van der Waals surface area contributed by atoms with Crippen LogP contribution in [0.1, 0.15) is 25.2 Å². The molecule has 0 bridgehead atoms. The summed E-state index contributed by atoms with van der Waals surface area (Å²) in [5, 5.41) is 0. The molecule has 0 saturated heterocycles. The Morgan fingerprint density at radius 3 is 1.27 bits per heavy atom. The summed E-state index contributed by atoms with van der Waals surface area (Å²) in [7, 11) is 0. The van der Waals surface area contributed by atoms with Gasteiger partial charge in [0, 0.05) is 18.8 Å². The average molecular weight is 583 g/mol. The maximum Gasteiger partial charge on any atom is 0.460 e. The van der Waals surface area contributed by atoms with Gasteiger partial charge in [0.2, 0.25) is 5.95 Å². The molecule has 0 spiro atoms. The molecule has 0 N–H and O–H groups in total. The molecule has 3 nitrogen and oxygen atoms in total. The van der Waals surface area contributed by atoms with Gasteiger partial charge in [0.15, 0.2) is 0 Å². The molecule has 1 aromatic rings. The highest BCUT2D eigenvalue weighted by atomic mass is 19.4. The van der Waals surface area contributed by atoms with Gasteiger partial charge < -0.3 is 4.90 Å². The lowest BCUT2D eigenvalue weighted by atomic mass is 9.88. The largest absolute Gasteiger partial charge is 0.460 e. The number of hydrogen-bond donors (Lipinski definition) is 0. The molecular weight excluding hydrogens is 569 g/mol. The minimum Gasteiger partial charge on any atom is -0.341 e. The van der Waals surface area contributed by atoms with E-state index >= 15 is 0 Å². The molecule has 0 aromatic carbocycles. The fraction of sp³-hybridized carbons (Fsp3) is 0.765. The van der Waals surface area contributed by atoms with Crippen molar-refractivity contribution in [2.75, 3.05) is 18.0 Å². The van der Waals surface area contributed by atoms with Gasteiger partial charge in [-0.1, -0.05) is 0 Å². The number of nitrogens with zero attached hydrogens (tertiary/aromatic N) is 3. The van der Waals surface area contributed by atoms with Crippen LogP contribution in [0.3, 0.4) is 0 Å². The van der Waals surface area contributed by atoms with Crippen molar-refractivity contribution < 1.29 is 74.6 Å². The lowest BCUT2D eigenvalue weighted by molar-refractivity contribution is -0.462. The van der Waals surface area contributed by atoms with E-state index in [0.29, 0.717) is 0 Å². The number of rotatable bonds is 10. The van der Waals surface area contributed by atoms with Crippen LogP contribution in [0, 0.1) is 6.92 Å². The summed E-state index contributed by atoms with van der Waals surface area (Å²) in [4.78, 5) is 7.23. The van der Waals surface area contributed by atoms with E-state index in [1.165, 1.54) is 13.8 Å². The number of aromatic nitrogens is 2. The first-order chi connectivity index (χ1) is 16.1. The summed E-state index contributed by atoms with van der Waals surface area (Å²) in [6.45, 7) is 3.17. The van der Waals surface area contributed by atoms with E-state index in [4.69, 9.17) is 0 Å². The lowest BCUT2D eigenvalue weighted by Gasteiger charge is -2.42. The maximum atomic E-state index is 14.5. The predicted octanol–water partition coefficient (Wildman–Crippen LogP) is 7.10. The first-order valence-corrected chi connectivity index (χ1v) is 9.45. The predicted molar refractivity (Wildman–Crippen MR) is 90.0 cm³/mol. The molecular formula is C17H14F17N3. The normalized spacial score (nSPS) is 15.2. The fourth-order valence-electron chi connectivity index (χ4n) is 2.69. The van der Waals surface area contributed by atoms with Crippen molar-refractivity contribution >= 4 is 5.95 Å². The van der Waals surface area contributed by atoms with Gasteiger partial charge >= 0.3 is 47.6 Å². The highest BCUT2D eigenvalue weighted by Crippen LogP contribution is 2.64. The average Bonchev–Trinajstić information content (AvgIpc) is 2.72. The molecule has 0 unspecified atom stereocenters. The molecule has 0 aliphatic carbocycles. The number of aryl methyl sites for hydroxylation is 1. The Morgan fingerprint density at radius 2 is 0.919 bits per heavy atom. The molecule has 0 aliphatic heterocycles. The molecule has 0 aliphatic rings. The molecule has 1 rings (SSSR count). The number of halogens is 17. The summed E-state index contributed by atoms with van der Waals surface area (Å²) < 4.78 is 229. The van der Waals surface area contributed by atoms with Crippen LogP contribution in [0.4, 0.5) is 80.6 Å². The summed E-state index contributed by atoms with van der Waals surface area (Å²) in [5.41, 5.74) is -3.21. The minimum atomic E-state index is -8.67. The molecule has 20 heteroatoms. The molecule has 216 valence electrons. The Balaban J connectivity index is 3.80. The number of hydrogen-bond acceptors (Lipinski definition) is 3. The zero-order chi connectivity index (χ0) is 29.8. The van der Waals surface area contributed by atoms with Crippen molar-refractivity contribution in [3.05, 3.63) is 17.5 Å². The van der Waals surface area contributed by atoms with Crippen LogP contribution < -0.4 is 4.90 Å². The molecule has 0 saturated carbocycles. The monoisotopic (exact) mass is 583 g/mol. The lowest BCUT2D eigenvalue weighted by Crippen LogP contribution is -2.74. The van der Waals surface area contributed by atoms with E-state index < -0.39 is 65.0 Å². The molecule has 1 heterocycles.